The summed E-state index contributed by atoms with van der Waals surface area (Å²) in [6.07, 6.45) is 5.40. The van der Waals surface area contributed by atoms with Crippen LogP contribution in [0.2, 0.25) is 0 Å². The van der Waals surface area contributed by atoms with Gasteiger partial charge in [-0.15, -0.1) is 0 Å². The Morgan fingerprint density at radius 2 is 1.45 bits per heavy atom. The van der Waals surface area contributed by atoms with Crippen LogP contribution in [-0.4, -0.2) is 60.8 Å². The molecule has 0 aromatic rings. The fourth-order valence-corrected chi connectivity index (χ4v) is 3.88. The largest absolute Gasteiger partial charge is 0.395 e. The van der Waals surface area contributed by atoms with Gasteiger partial charge in [0.25, 0.3) is 0 Å². The van der Waals surface area contributed by atoms with E-state index in [0.717, 1.165) is 18.4 Å². The van der Waals surface area contributed by atoms with Crippen LogP contribution in [0.25, 0.3) is 0 Å². The molecule has 0 aromatic carbocycles. The maximum absolute atomic E-state index is 8.99. The predicted molar refractivity (Wildman–Crippen MR) is 84.9 cm³/mol. The molecule has 20 heavy (non-hydrogen) atoms. The quantitative estimate of drug-likeness (QED) is 0.858. The van der Waals surface area contributed by atoms with Crippen LogP contribution >= 0.6 is 0 Å². The Bertz CT molecular complexity index is 271. The van der Waals surface area contributed by atoms with Crippen molar-refractivity contribution >= 4 is 0 Å². The second-order valence-electron chi connectivity index (χ2n) is 7.95. The van der Waals surface area contributed by atoms with E-state index in [1.807, 2.05) is 0 Å². The molecule has 0 amide bonds. The molecule has 0 atom stereocenters. The van der Waals surface area contributed by atoms with Crippen molar-refractivity contribution in [1.29, 1.82) is 0 Å². The van der Waals surface area contributed by atoms with Crippen LogP contribution in [0.1, 0.15) is 46.5 Å². The van der Waals surface area contributed by atoms with Crippen molar-refractivity contribution in [2.75, 3.05) is 45.9 Å². The number of piperidine rings is 2. The Morgan fingerprint density at radius 3 is 1.95 bits per heavy atom. The molecule has 3 nitrogen and oxygen atoms in total. The third-order valence-corrected chi connectivity index (χ3v) is 5.45. The molecule has 2 saturated heterocycles. The summed E-state index contributed by atoms with van der Waals surface area (Å²) in [5, 5.41) is 8.99. The van der Waals surface area contributed by atoms with E-state index in [9.17, 15) is 0 Å². The summed E-state index contributed by atoms with van der Waals surface area (Å²) in [6.45, 7) is 14.6. The van der Waals surface area contributed by atoms with Crippen molar-refractivity contribution in [3.05, 3.63) is 0 Å². The van der Waals surface area contributed by atoms with E-state index < -0.39 is 0 Å². The van der Waals surface area contributed by atoms with Gasteiger partial charge in [-0.2, -0.15) is 0 Å². The Kier molecular flexibility index (Phi) is 5.88. The summed E-state index contributed by atoms with van der Waals surface area (Å²) in [5.74, 6) is 1.79. The molecule has 0 spiro atoms. The summed E-state index contributed by atoms with van der Waals surface area (Å²) in [6, 6.07) is 0. The van der Waals surface area contributed by atoms with Crippen LogP contribution in [0, 0.1) is 17.3 Å². The van der Waals surface area contributed by atoms with Gasteiger partial charge in [0.1, 0.15) is 0 Å². The van der Waals surface area contributed by atoms with Crippen molar-refractivity contribution in [2.24, 2.45) is 17.3 Å². The van der Waals surface area contributed by atoms with Gasteiger partial charge in [-0.1, -0.05) is 20.8 Å². The van der Waals surface area contributed by atoms with Gasteiger partial charge in [-0.05, 0) is 69.1 Å². The fourth-order valence-electron chi connectivity index (χ4n) is 3.88. The summed E-state index contributed by atoms with van der Waals surface area (Å²) >= 11 is 0. The van der Waals surface area contributed by atoms with E-state index in [0.29, 0.717) is 12.0 Å². The molecule has 0 aliphatic carbocycles. The van der Waals surface area contributed by atoms with E-state index in [4.69, 9.17) is 5.11 Å². The SMILES string of the molecule is CC(C)(C)C1CCN(CC2CCN(CCO)CC2)CC1. The molecule has 0 radical (unpaired) electrons. The van der Waals surface area contributed by atoms with Crippen LogP contribution < -0.4 is 0 Å². The minimum Gasteiger partial charge on any atom is -0.395 e. The number of aliphatic hydroxyl groups is 1. The van der Waals surface area contributed by atoms with Crippen molar-refractivity contribution in [1.82, 2.24) is 9.80 Å². The van der Waals surface area contributed by atoms with E-state index in [2.05, 4.69) is 30.6 Å². The lowest BCUT2D eigenvalue weighted by Gasteiger charge is -2.41. The number of β-amino-alcohol motifs (C(OH)–C–C–N with tert-alkyl or cyclic N) is 1. The van der Waals surface area contributed by atoms with Gasteiger partial charge in [0, 0.05) is 13.1 Å². The highest BCUT2D eigenvalue weighted by atomic mass is 16.3. The molecule has 0 saturated carbocycles. The van der Waals surface area contributed by atoms with Crippen LogP contribution in [0.15, 0.2) is 0 Å². The first-order chi connectivity index (χ1) is 9.49. The first kappa shape index (κ1) is 16.3. The Morgan fingerprint density at radius 1 is 0.900 bits per heavy atom. The van der Waals surface area contributed by atoms with E-state index >= 15 is 0 Å². The third kappa shape index (κ3) is 4.71. The molecule has 2 heterocycles. The Labute approximate surface area is 125 Å². The molecule has 2 fully saturated rings. The highest BCUT2D eigenvalue weighted by Crippen LogP contribution is 2.34. The van der Waals surface area contributed by atoms with Gasteiger partial charge >= 0.3 is 0 Å². The lowest BCUT2D eigenvalue weighted by atomic mass is 9.75. The lowest BCUT2D eigenvalue weighted by Crippen LogP contribution is -2.43. The minimum absolute atomic E-state index is 0.310. The first-order valence-corrected chi connectivity index (χ1v) is 8.54. The number of rotatable bonds is 4. The average molecular weight is 282 g/mol. The summed E-state index contributed by atoms with van der Waals surface area (Å²) in [5.41, 5.74) is 0.488. The van der Waals surface area contributed by atoms with Crippen LogP contribution in [0.3, 0.4) is 0 Å². The van der Waals surface area contributed by atoms with Gasteiger partial charge in [0.15, 0.2) is 0 Å². The van der Waals surface area contributed by atoms with E-state index in [1.54, 1.807) is 0 Å². The van der Waals surface area contributed by atoms with Gasteiger partial charge in [0.05, 0.1) is 6.61 Å². The second kappa shape index (κ2) is 7.24. The van der Waals surface area contributed by atoms with E-state index in [-0.39, 0.29) is 0 Å². The third-order valence-electron chi connectivity index (χ3n) is 5.45. The molecule has 0 bridgehead atoms. The lowest BCUT2D eigenvalue weighted by molar-refractivity contribution is 0.0810. The molecule has 0 unspecified atom stereocenters. The molecule has 2 aliphatic rings. The predicted octanol–water partition coefficient (Wildman–Crippen LogP) is 2.45. The molecule has 2 rings (SSSR count). The highest BCUT2D eigenvalue weighted by molar-refractivity contribution is 4.82. The molecule has 2 aliphatic heterocycles. The highest BCUT2D eigenvalue weighted by Gasteiger charge is 2.30. The number of hydrogen-bond donors (Lipinski definition) is 1. The number of likely N-dealkylation sites (tertiary alicyclic amines) is 2. The van der Waals surface area contributed by atoms with Crippen molar-refractivity contribution in [2.45, 2.75) is 46.5 Å². The second-order valence-corrected chi connectivity index (χ2v) is 7.95. The maximum Gasteiger partial charge on any atom is 0.0558 e. The minimum atomic E-state index is 0.310. The number of aliphatic hydroxyl groups excluding tert-OH is 1. The van der Waals surface area contributed by atoms with Crippen LogP contribution in [0.5, 0.6) is 0 Å². The maximum atomic E-state index is 8.99. The summed E-state index contributed by atoms with van der Waals surface area (Å²) in [4.78, 5) is 5.11. The molecular weight excluding hydrogens is 248 g/mol. The van der Waals surface area contributed by atoms with Gasteiger partial charge in [-0.3, -0.25) is 0 Å². The van der Waals surface area contributed by atoms with Gasteiger partial charge in [-0.25, -0.2) is 0 Å². The van der Waals surface area contributed by atoms with E-state index in [1.165, 1.54) is 58.4 Å². The van der Waals surface area contributed by atoms with Crippen molar-refractivity contribution in [3.63, 3.8) is 0 Å². The fraction of sp³-hybridized carbons (Fsp3) is 1.00. The molecule has 3 heteroatoms. The van der Waals surface area contributed by atoms with Crippen LogP contribution in [-0.2, 0) is 0 Å². The van der Waals surface area contributed by atoms with Gasteiger partial charge < -0.3 is 14.9 Å². The van der Waals surface area contributed by atoms with Crippen molar-refractivity contribution < 1.29 is 5.11 Å². The van der Waals surface area contributed by atoms with Crippen LogP contribution in [0.4, 0.5) is 0 Å². The standard InChI is InChI=1S/C17H34N2O/c1-17(2,3)16-6-10-19(11-7-16)14-15-4-8-18(9-5-15)12-13-20/h15-16,20H,4-14H2,1-3H3. The molecule has 1 N–H and O–H groups in total. The topological polar surface area (TPSA) is 26.7 Å². The summed E-state index contributed by atoms with van der Waals surface area (Å²) in [7, 11) is 0. The summed E-state index contributed by atoms with van der Waals surface area (Å²) < 4.78 is 0. The Hall–Kier alpha value is -0.120. The van der Waals surface area contributed by atoms with Gasteiger partial charge in [0.2, 0.25) is 0 Å². The first-order valence-electron chi connectivity index (χ1n) is 8.54. The zero-order valence-corrected chi connectivity index (χ0v) is 13.8. The zero-order valence-electron chi connectivity index (χ0n) is 13.8. The normalized spacial score (nSPS) is 25.2. The number of nitrogens with zero attached hydrogens (tertiary/aromatic N) is 2. The monoisotopic (exact) mass is 282 g/mol. The Balaban J connectivity index is 1.66. The smallest absolute Gasteiger partial charge is 0.0558 e. The zero-order chi connectivity index (χ0) is 14.6. The van der Waals surface area contributed by atoms with Crippen molar-refractivity contribution in [3.8, 4) is 0 Å². The number of hydrogen-bond acceptors (Lipinski definition) is 3. The molecule has 118 valence electrons. The molecular formula is C17H34N2O. The average Bonchev–Trinajstić information content (AvgIpc) is 2.41. The molecule has 0 aromatic heterocycles.